The number of hydrogen-bond acceptors (Lipinski definition) is 6. The van der Waals surface area contributed by atoms with Crippen molar-refractivity contribution in [3.05, 3.63) is 59.7 Å². The third-order valence-electron chi connectivity index (χ3n) is 3.57. The fraction of sp³-hybridized carbons (Fsp3) is 0.111. The van der Waals surface area contributed by atoms with Gasteiger partial charge in [0.15, 0.2) is 0 Å². The molecule has 2 aromatic rings. The molecule has 0 saturated carbocycles. The lowest BCUT2D eigenvalue weighted by Gasteiger charge is -2.08. The molecule has 0 radical (unpaired) electrons. The van der Waals surface area contributed by atoms with Crippen LogP contribution in [0, 0.1) is 0 Å². The Morgan fingerprint density at radius 2 is 1.45 bits per heavy atom. The fourth-order valence-electron chi connectivity index (χ4n) is 1.97. The number of aliphatic carboxylic acids is 1. The number of benzene rings is 2. The van der Waals surface area contributed by atoms with Gasteiger partial charge in [-0.1, -0.05) is 0 Å². The molecule has 178 valence electrons. The highest BCUT2D eigenvalue weighted by Gasteiger charge is 2.28. The second-order valence-corrected chi connectivity index (χ2v) is 7.79. The number of carboxylic acid groups (broad SMARTS) is 2. The molecule has 15 heteroatoms. The van der Waals surface area contributed by atoms with Gasteiger partial charge in [0.1, 0.15) is 5.97 Å². The molecule has 0 aliphatic rings. The van der Waals surface area contributed by atoms with Crippen LogP contribution in [0.5, 0.6) is 0 Å². The molecule has 7 N–H and O–H groups in total. The van der Waals surface area contributed by atoms with Crippen molar-refractivity contribution in [3.63, 3.8) is 0 Å². The van der Waals surface area contributed by atoms with Crippen molar-refractivity contribution in [1.29, 1.82) is 0 Å². The zero-order chi connectivity index (χ0) is 25.4. The van der Waals surface area contributed by atoms with Crippen LogP contribution < -0.4 is 26.3 Å². The van der Waals surface area contributed by atoms with Crippen LogP contribution in [0.2, 0.25) is 0 Å². The summed E-state index contributed by atoms with van der Waals surface area (Å²) in [5.74, 6) is -4.63. The highest BCUT2D eigenvalue weighted by atomic mass is 32.2. The summed E-state index contributed by atoms with van der Waals surface area (Å²) in [5, 5.41) is 25.5. The lowest BCUT2D eigenvalue weighted by atomic mass is 10.2. The minimum atomic E-state index is -5.19. The number of nitrogens with two attached hydrogens (primary N) is 2. The molecular formula is C18H17F3N4O7S. The molecule has 0 heterocycles. The van der Waals surface area contributed by atoms with Gasteiger partial charge < -0.3 is 20.3 Å². The summed E-state index contributed by atoms with van der Waals surface area (Å²) in [6.45, 7) is -0.490. The maximum absolute atomic E-state index is 12.2. The van der Waals surface area contributed by atoms with Gasteiger partial charge in [0, 0.05) is 5.69 Å². The number of carbonyl (C=O) groups is 3. The van der Waals surface area contributed by atoms with E-state index in [0.717, 1.165) is 0 Å². The largest absolute Gasteiger partial charge is 0.542 e. The lowest BCUT2D eigenvalue weighted by Crippen LogP contribution is -2.46. The van der Waals surface area contributed by atoms with E-state index in [1.807, 2.05) is 0 Å². The molecule has 11 nitrogen and oxygen atoms in total. The van der Waals surface area contributed by atoms with Crippen molar-refractivity contribution in [2.75, 3.05) is 11.9 Å². The Bertz CT molecular complexity index is 1130. The van der Waals surface area contributed by atoms with Crippen LogP contribution in [0.25, 0.3) is 0 Å². The molecule has 0 fully saturated rings. The van der Waals surface area contributed by atoms with E-state index < -0.39 is 40.6 Å². The maximum Gasteiger partial charge on any atom is 0.430 e. The summed E-state index contributed by atoms with van der Waals surface area (Å²) >= 11 is 0. The summed E-state index contributed by atoms with van der Waals surface area (Å²) in [7, 11) is -3.89. The van der Waals surface area contributed by atoms with Crippen molar-refractivity contribution < 1.29 is 51.6 Å². The van der Waals surface area contributed by atoms with Gasteiger partial charge in [0.25, 0.3) is 5.84 Å². The number of amides is 1. The fourth-order valence-corrected chi connectivity index (χ4v) is 2.95. The van der Waals surface area contributed by atoms with Crippen molar-refractivity contribution in [2.24, 2.45) is 5.73 Å². The molecular weight excluding hydrogens is 473 g/mol. The molecule has 2 rings (SSSR count). The van der Waals surface area contributed by atoms with E-state index >= 15 is 0 Å². The Labute approximate surface area is 184 Å². The van der Waals surface area contributed by atoms with Gasteiger partial charge in [-0.25, -0.2) is 17.9 Å². The number of halogens is 3. The van der Waals surface area contributed by atoms with Crippen molar-refractivity contribution in [3.8, 4) is 0 Å². The van der Waals surface area contributed by atoms with E-state index in [9.17, 15) is 31.2 Å². The van der Waals surface area contributed by atoms with Gasteiger partial charge in [-0.05, 0) is 48.5 Å². The second kappa shape index (κ2) is 11.1. The van der Waals surface area contributed by atoms with Crippen molar-refractivity contribution in [1.82, 2.24) is 4.72 Å². The molecule has 0 aliphatic heterocycles. The van der Waals surface area contributed by atoms with Crippen LogP contribution in [0.15, 0.2) is 53.4 Å². The summed E-state index contributed by atoms with van der Waals surface area (Å²) in [4.78, 5) is 31.4. The normalized spacial score (nSPS) is 11.0. The summed E-state index contributed by atoms with van der Waals surface area (Å²) in [6, 6.07) is 11.0. The minimum absolute atomic E-state index is 0.0406. The first-order chi connectivity index (χ1) is 15.1. The maximum atomic E-state index is 12.2. The van der Waals surface area contributed by atoms with Crippen LogP contribution >= 0.6 is 0 Å². The quantitative estimate of drug-likeness (QED) is 0.218. The standard InChI is InChI=1S/C16H16N4O5S.C2HF3O2/c17-15(18)10-3-7-13(8-4-10)26(24,25)19-9-14(21)20-12-5-1-11(2-6-12)16(22)23;3-2(4,5)1(6)7/h1-8,19H,9H2,(H3,17,18)(H,20,21)(H,22,23);(H,6,7). The average molecular weight is 490 g/mol. The number of rotatable bonds is 7. The summed E-state index contributed by atoms with van der Waals surface area (Å²) < 4.78 is 58.0. The predicted octanol–water partition coefficient (Wildman–Crippen LogP) is -1.94. The second-order valence-electron chi connectivity index (χ2n) is 6.02. The van der Waals surface area contributed by atoms with Crippen LogP contribution in [-0.4, -0.2) is 49.9 Å². The smallest absolute Gasteiger partial charge is 0.430 e. The third-order valence-corrected chi connectivity index (χ3v) is 4.98. The molecule has 0 unspecified atom stereocenters. The van der Waals surface area contributed by atoms with Gasteiger partial charge in [0.05, 0.1) is 22.6 Å². The number of nitrogens with one attached hydrogen (secondary N) is 2. The first kappa shape index (κ1) is 27.1. The number of amidine groups is 1. The minimum Gasteiger partial charge on any atom is -0.542 e. The van der Waals surface area contributed by atoms with Crippen molar-refractivity contribution >= 4 is 39.4 Å². The van der Waals surface area contributed by atoms with Crippen molar-refractivity contribution in [2.45, 2.75) is 11.1 Å². The number of carboxylic acids is 2. The van der Waals surface area contributed by atoms with Gasteiger partial charge >= 0.3 is 12.1 Å². The zero-order valence-corrected chi connectivity index (χ0v) is 17.2. The van der Waals surface area contributed by atoms with Crippen LogP contribution in [-0.2, 0) is 19.6 Å². The highest BCUT2D eigenvalue weighted by Crippen LogP contribution is 2.12. The highest BCUT2D eigenvalue weighted by molar-refractivity contribution is 7.89. The SMILES string of the molecule is NC(=[NH2+])c1ccc(S(=O)(=O)NCC(=O)Nc2ccc(C(=O)O)cc2)cc1.O=C([O-])C(F)(F)F. The molecule has 33 heavy (non-hydrogen) atoms. The van der Waals surface area contributed by atoms with Gasteiger partial charge in [-0.3, -0.25) is 15.9 Å². The number of sulfonamides is 1. The van der Waals surface area contributed by atoms with Crippen LogP contribution in [0.1, 0.15) is 15.9 Å². The molecule has 0 bridgehead atoms. The van der Waals surface area contributed by atoms with E-state index in [1.54, 1.807) is 0 Å². The Balaban J connectivity index is 0.000000675. The molecule has 0 aliphatic carbocycles. The lowest BCUT2D eigenvalue weighted by molar-refractivity contribution is -0.344. The number of aromatic carboxylic acids is 1. The molecule has 0 saturated heterocycles. The Kier molecular flexibility index (Phi) is 9.06. The van der Waals surface area contributed by atoms with Gasteiger partial charge in [0.2, 0.25) is 15.9 Å². The topological polar surface area (TPSA) is 204 Å². The molecule has 0 spiro atoms. The van der Waals surface area contributed by atoms with E-state index in [2.05, 4.69) is 10.0 Å². The first-order valence-corrected chi connectivity index (χ1v) is 10.0. The Hall–Kier alpha value is -3.98. The van der Waals surface area contributed by atoms with Crippen LogP contribution in [0.4, 0.5) is 18.9 Å². The monoisotopic (exact) mass is 490 g/mol. The predicted molar refractivity (Wildman–Crippen MR) is 105 cm³/mol. The zero-order valence-electron chi connectivity index (χ0n) is 16.4. The van der Waals surface area contributed by atoms with Crippen LogP contribution in [0.3, 0.4) is 0 Å². The van der Waals surface area contributed by atoms with Gasteiger partial charge in [-0.2, -0.15) is 13.2 Å². The number of anilines is 1. The van der Waals surface area contributed by atoms with E-state index in [0.29, 0.717) is 11.3 Å². The molecule has 0 aromatic heterocycles. The molecule has 2 aromatic carbocycles. The summed E-state index contributed by atoms with van der Waals surface area (Å²) in [5.41, 5.74) is 6.32. The number of hydrogen-bond donors (Lipinski definition) is 5. The Morgan fingerprint density at radius 3 is 1.85 bits per heavy atom. The number of carbonyl (C=O) groups excluding carboxylic acids is 2. The molecule has 1 amide bonds. The Morgan fingerprint density at radius 1 is 1.00 bits per heavy atom. The first-order valence-electron chi connectivity index (χ1n) is 8.53. The third kappa shape index (κ3) is 8.96. The molecule has 0 atom stereocenters. The van der Waals surface area contributed by atoms with Gasteiger partial charge in [-0.15, -0.1) is 0 Å². The average Bonchev–Trinajstić information content (AvgIpc) is 2.72. The van der Waals surface area contributed by atoms with E-state index in [1.165, 1.54) is 48.5 Å². The number of alkyl halides is 3. The van der Waals surface area contributed by atoms with E-state index in [-0.39, 0.29) is 16.3 Å². The summed E-state index contributed by atoms with van der Waals surface area (Å²) in [6.07, 6.45) is -5.19. The van der Waals surface area contributed by atoms with E-state index in [4.69, 9.17) is 26.2 Å².